The molecule has 2 N–H and O–H groups in total. The largest absolute Gasteiger partial charge is 0.497 e. The molecule has 0 saturated carbocycles. The third-order valence-corrected chi connectivity index (χ3v) is 7.35. The molecule has 0 radical (unpaired) electrons. The van der Waals surface area contributed by atoms with E-state index in [4.69, 9.17) is 9.84 Å². The summed E-state index contributed by atoms with van der Waals surface area (Å²) in [5.74, 6) is 1.94. The van der Waals surface area contributed by atoms with Crippen LogP contribution in [0.25, 0.3) is 11.3 Å². The van der Waals surface area contributed by atoms with Crippen LogP contribution in [0.15, 0.2) is 60.7 Å². The first kappa shape index (κ1) is 22.5. The predicted octanol–water partition coefficient (Wildman–Crippen LogP) is 3.77. The van der Waals surface area contributed by atoms with E-state index in [1.54, 1.807) is 7.11 Å². The lowest BCUT2D eigenvalue weighted by atomic mass is 9.74. The molecule has 7 nitrogen and oxygen atoms in total. The van der Waals surface area contributed by atoms with Crippen LogP contribution in [-0.4, -0.2) is 53.5 Å². The van der Waals surface area contributed by atoms with Crippen molar-refractivity contribution in [3.63, 3.8) is 0 Å². The number of carbonyl (C=O) groups is 1. The molecule has 2 bridgehead atoms. The van der Waals surface area contributed by atoms with E-state index in [0.29, 0.717) is 31.0 Å². The molecule has 6 rings (SSSR count). The van der Waals surface area contributed by atoms with Gasteiger partial charge in [-0.25, -0.2) is 4.79 Å². The number of rotatable bonds is 7. The number of aryl methyl sites for hydroxylation is 1. The number of hydrogen-bond donors (Lipinski definition) is 2. The van der Waals surface area contributed by atoms with Gasteiger partial charge in [0.1, 0.15) is 5.75 Å². The molecule has 3 fully saturated rings. The second-order valence-electron chi connectivity index (χ2n) is 9.40. The van der Waals surface area contributed by atoms with Crippen molar-refractivity contribution < 1.29 is 9.53 Å². The lowest BCUT2D eigenvalue weighted by Crippen LogP contribution is -2.56. The summed E-state index contributed by atoms with van der Waals surface area (Å²) in [6.07, 6.45) is 2.30. The van der Waals surface area contributed by atoms with Crippen molar-refractivity contribution in [1.29, 1.82) is 0 Å². The van der Waals surface area contributed by atoms with Crippen molar-refractivity contribution in [3.05, 3.63) is 71.9 Å². The van der Waals surface area contributed by atoms with E-state index in [1.807, 2.05) is 42.5 Å². The topological polar surface area (TPSA) is 71.4 Å². The zero-order chi connectivity index (χ0) is 23.5. The molecule has 1 aromatic heterocycles. The van der Waals surface area contributed by atoms with E-state index < -0.39 is 0 Å². The monoisotopic (exact) mass is 459 g/mol. The van der Waals surface area contributed by atoms with Gasteiger partial charge in [-0.15, -0.1) is 0 Å². The lowest BCUT2D eigenvalue weighted by molar-refractivity contribution is 0.0294. The fraction of sp³-hybridized carbons (Fsp3) is 0.407. The molecule has 34 heavy (non-hydrogen) atoms. The van der Waals surface area contributed by atoms with Crippen LogP contribution in [0.1, 0.15) is 30.0 Å². The Morgan fingerprint density at radius 1 is 1.12 bits per heavy atom. The number of nitrogens with one attached hydrogen (secondary N) is 2. The maximum atomic E-state index is 12.3. The minimum absolute atomic E-state index is 0.0983. The Morgan fingerprint density at radius 3 is 2.62 bits per heavy atom. The SMILES string of the molecule is COc1ccc(-c2cc([C@H]3CN4CC[C@H]3C[C@@H]4CNC(=O)NCc3ccccc3)n(C)n2)cc1. The number of hydrogen-bond acceptors (Lipinski definition) is 4. The van der Waals surface area contributed by atoms with Gasteiger partial charge < -0.3 is 15.4 Å². The summed E-state index contributed by atoms with van der Waals surface area (Å²) in [6, 6.07) is 20.6. The number of carbonyl (C=O) groups excluding carboxylic acids is 1. The Morgan fingerprint density at radius 2 is 1.91 bits per heavy atom. The van der Waals surface area contributed by atoms with Crippen LogP contribution in [0.2, 0.25) is 0 Å². The van der Waals surface area contributed by atoms with Gasteiger partial charge in [-0.2, -0.15) is 5.10 Å². The molecule has 3 aliphatic heterocycles. The number of amides is 2. The van der Waals surface area contributed by atoms with Gasteiger partial charge in [-0.05, 0) is 61.2 Å². The summed E-state index contributed by atoms with van der Waals surface area (Å²) in [5.41, 5.74) is 4.51. The Kier molecular flexibility index (Phi) is 6.54. The van der Waals surface area contributed by atoms with Crippen molar-refractivity contribution in [2.24, 2.45) is 13.0 Å². The zero-order valence-corrected chi connectivity index (χ0v) is 19.9. The van der Waals surface area contributed by atoms with Crippen LogP contribution in [0, 0.1) is 5.92 Å². The highest BCUT2D eigenvalue weighted by atomic mass is 16.5. The van der Waals surface area contributed by atoms with Gasteiger partial charge in [0.25, 0.3) is 0 Å². The van der Waals surface area contributed by atoms with Gasteiger partial charge in [-0.3, -0.25) is 9.58 Å². The number of ether oxygens (including phenoxy) is 1. The van der Waals surface area contributed by atoms with Crippen molar-refractivity contribution >= 4 is 6.03 Å². The van der Waals surface area contributed by atoms with Gasteiger partial charge in [0.2, 0.25) is 0 Å². The minimum atomic E-state index is -0.0983. The van der Waals surface area contributed by atoms with Crippen LogP contribution in [0.3, 0.4) is 0 Å². The van der Waals surface area contributed by atoms with Crippen molar-refractivity contribution in [2.45, 2.75) is 31.3 Å². The molecule has 0 spiro atoms. The summed E-state index contributed by atoms with van der Waals surface area (Å²) < 4.78 is 7.33. The van der Waals surface area contributed by atoms with Crippen molar-refractivity contribution in [3.8, 4) is 17.0 Å². The zero-order valence-electron chi connectivity index (χ0n) is 19.9. The van der Waals surface area contributed by atoms with Gasteiger partial charge >= 0.3 is 6.03 Å². The van der Waals surface area contributed by atoms with E-state index in [9.17, 15) is 4.79 Å². The Hall–Kier alpha value is -3.32. The quantitative estimate of drug-likeness (QED) is 0.564. The standard InChI is InChI=1S/C27H33N5O2/c1-31-26(15-25(30-31)20-8-10-23(34-2)11-9-20)24-18-32-13-12-21(24)14-22(32)17-29-27(33)28-16-19-6-4-3-5-7-19/h3-11,15,21-22,24H,12-14,16-18H2,1-2H3,(H2,28,29,33)/t21-,22+,24-/m0/s1. The summed E-state index contributed by atoms with van der Waals surface area (Å²) in [6.45, 7) is 3.35. The molecule has 7 heteroatoms. The molecule has 2 aromatic carbocycles. The Bertz CT molecular complexity index is 1110. The summed E-state index contributed by atoms with van der Waals surface area (Å²) in [5, 5.41) is 10.9. The molecule has 2 amide bonds. The molecule has 3 aliphatic rings. The molecular weight excluding hydrogens is 426 g/mol. The maximum Gasteiger partial charge on any atom is 0.315 e. The fourth-order valence-electron chi connectivity index (χ4n) is 5.47. The first-order valence-electron chi connectivity index (χ1n) is 12.1. The molecule has 4 atom stereocenters. The lowest BCUT2D eigenvalue weighted by Gasteiger charge is -2.49. The maximum absolute atomic E-state index is 12.3. The number of benzene rings is 2. The number of fused-ring (bicyclic) bond motifs is 3. The minimum Gasteiger partial charge on any atom is -0.497 e. The smallest absolute Gasteiger partial charge is 0.315 e. The fourth-order valence-corrected chi connectivity index (χ4v) is 5.47. The highest BCUT2D eigenvalue weighted by molar-refractivity contribution is 5.73. The summed E-state index contributed by atoms with van der Waals surface area (Å²) in [7, 11) is 3.73. The van der Waals surface area contributed by atoms with Crippen LogP contribution in [-0.2, 0) is 13.6 Å². The second kappa shape index (κ2) is 9.89. The number of aromatic nitrogens is 2. The van der Waals surface area contributed by atoms with Gasteiger partial charge in [0.05, 0.1) is 12.8 Å². The van der Waals surface area contributed by atoms with Crippen LogP contribution < -0.4 is 15.4 Å². The van der Waals surface area contributed by atoms with Crippen LogP contribution in [0.4, 0.5) is 4.79 Å². The third kappa shape index (κ3) is 4.80. The van der Waals surface area contributed by atoms with Gasteiger partial charge in [-0.1, -0.05) is 30.3 Å². The van der Waals surface area contributed by atoms with Gasteiger partial charge in [0, 0.05) is 49.9 Å². The molecule has 4 heterocycles. The third-order valence-electron chi connectivity index (χ3n) is 7.35. The highest BCUT2D eigenvalue weighted by Crippen LogP contribution is 2.42. The van der Waals surface area contributed by atoms with Crippen LogP contribution >= 0.6 is 0 Å². The van der Waals surface area contributed by atoms with Crippen molar-refractivity contribution in [1.82, 2.24) is 25.3 Å². The molecule has 1 unspecified atom stereocenters. The number of nitrogens with zero attached hydrogens (tertiary/aromatic N) is 3. The second-order valence-corrected chi connectivity index (χ2v) is 9.40. The van der Waals surface area contributed by atoms with Gasteiger partial charge in [0.15, 0.2) is 0 Å². The van der Waals surface area contributed by atoms with E-state index in [0.717, 1.165) is 42.1 Å². The average molecular weight is 460 g/mol. The predicted molar refractivity (Wildman–Crippen MR) is 133 cm³/mol. The van der Waals surface area contributed by atoms with E-state index >= 15 is 0 Å². The average Bonchev–Trinajstić information content (AvgIpc) is 3.28. The normalized spacial score (nSPS) is 23.5. The van der Waals surface area contributed by atoms with Crippen LogP contribution in [0.5, 0.6) is 5.75 Å². The first-order valence-corrected chi connectivity index (χ1v) is 12.1. The number of methoxy groups -OCH3 is 1. The number of piperidine rings is 3. The summed E-state index contributed by atoms with van der Waals surface area (Å²) >= 11 is 0. The molecule has 178 valence electrons. The highest BCUT2D eigenvalue weighted by Gasteiger charge is 2.41. The molecule has 3 saturated heterocycles. The number of urea groups is 1. The summed E-state index contributed by atoms with van der Waals surface area (Å²) in [4.78, 5) is 14.9. The van der Waals surface area contributed by atoms with E-state index in [-0.39, 0.29) is 6.03 Å². The Labute approximate surface area is 201 Å². The van der Waals surface area contributed by atoms with E-state index in [1.165, 1.54) is 12.1 Å². The molecule has 0 aliphatic carbocycles. The molecule has 3 aromatic rings. The van der Waals surface area contributed by atoms with Crippen molar-refractivity contribution in [2.75, 3.05) is 26.7 Å². The molecular formula is C27H33N5O2. The first-order chi connectivity index (χ1) is 16.6. The Balaban J connectivity index is 1.18. The van der Waals surface area contributed by atoms with E-state index in [2.05, 4.69) is 45.5 Å².